The van der Waals surface area contributed by atoms with Crippen LogP contribution in [0.2, 0.25) is 0 Å². The maximum atomic E-state index is 3.56. The maximum absolute atomic E-state index is 3.56. The molecule has 2 heteroatoms. The number of hydrogen-bond donors (Lipinski definition) is 1. The highest BCUT2D eigenvalue weighted by molar-refractivity contribution is 5.86. The van der Waals surface area contributed by atoms with Crippen molar-refractivity contribution >= 4 is 28.4 Å². The molecule has 0 bridgehead atoms. The van der Waals surface area contributed by atoms with Crippen LogP contribution < -0.4 is 10.2 Å². The number of nitrogens with one attached hydrogen (secondary N) is 1. The molecule has 0 aliphatic heterocycles. The van der Waals surface area contributed by atoms with Crippen molar-refractivity contribution in [2.45, 2.75) is 19.3 Å². The lowest BCUT2D eigenvalue weighted by molar-refractivity contribution is 0.660. The number of hydrogen-bond acceptors (Lipinski definition) is 2. The Labute approximate surface area is 207 Å². The normalized spacial score (nSPS) is 13.1. The van der Waals surface area contributed by atoms with E-state index in [-0.39, 0.29) is 5.41 Å². The first kappa shape index (κ1) is 21.2. The van der Waals surface area contributed by atoms with Gasteiger partial charge >= 0.3 is 0 Å². The molecule has 5 aromatic carbocycles. The van der Waals surface area contributed by atoms with Crippen molar-refractivity contribution in [2.75, 3.05) is 10.2 Å². The van der Waals surface area contributed by atoms with Crippen LogP contribution in [0, 0.1) is 0 Å². The van der Waals surface area contributed by atoms with Gasteiger partial charge in [0.2, 0.25) is 0 Å². The van der Waals surface area contributed by atoms with Crippen molar-refractivity contribution in [1.82, 2.24) is 0 Å². The van der Waals surface area contributed by atoms with Crippen molar-refractivity contribution in [3.05, 3.63) is 139 Å². The van der Waals surface area contributed by atoms with E-state index in [0.717, 1.165) is 22.7 Å². The smallest absolute Gasteiger partial charge is 0.0465 e. The minimum atomic E-state index is -0.103. The third kappa shape index (κ3) is 3.77. The molecule has 0 atom stereocenters. The molecular weight excluding hydrogens is 424 g/mol. The zero-order valence-electron chi connectivity index (χ0n) is 20.1. The van der Waals surface area contributed by atoms with E-state index in [1.54, 1.807) is 0 Å². The maximum Gasteiger partial charge on any atom is 0.0465 e. The zero-order chi connectivity index (χ0) is 23.8. The van der Waals surface area contributed by atoms with Crippen LogP contribution in [0.15, 0.2) is 127 Å². The van der Waals surface area contributed by atoms with E-state index in [2.05, 4.69) is 145 Å². The minimum absolute atomic E-state index is 0.103. The Hall–Kier alpha value is -4.30. The van der Waals surface area contributed by atoms with E-state index in [1.165, 1.54) is 27.9 Å². The molecule has 170 valence electrons. The van der Waals surface area contributed by atoms with Gasteiger partial charge in [-0.15, -0.1) is 0 Å². The Morgan fingerprint density at radius 1 is 0.486 bits per heavy atom. The fourth-order valence-corrected chi connectivity index (χ4v) is 5.23. The summed E-state index contributed by atoms with van der Waals surface area (Å²) in [6.45, 7) is 4.67. The topological polar surface area (TPSA) is 15.3 Å². The number of para-hydroxylation sites is 3. The number of benzene rings is 5. The molecule has 0 saturated heterocycles. The summed E-state index contributed by atoms with van der Waals surface area (Å²) in [6, 6.07) is 45.2. The van der Waals surface area contributed by atoms with Gasteiger partial charge in [0.15, 0.2) is 0 Å². The van der Waals surface area contributed by atoms with Crippen molar-refractivity contribution < 1.29 is 0 Å². The molecular formula is C33H28N2. The predicted molar refractivity (Wildman–Crippen MR) is 148 cm³/mol. The van der Waals surface area contributed by atoms with Gasteiger partial charge in [0.25, 0.3) is 0 Å². The highest BCUT2D eigenvalue weighted by atomic mass is 15.1. The average molecular weight is 453 g/mol. The van der Waals surface area contributed by atoms with E-state index >= 15 is 0 Å². The summed E-state index contributed by atoms with van der Waals surface area (Å²) in [6.07, 6.45) is 0. The van der Waals surface area contributed by atoms with Crippen LogP contribution in [0.4, 0.5) is 28.4 Å². The first-order valence-electron chi connectivity index (χ1n) is 12.1. The fraction of sp³-hybridized carbons (Fsp3) is 0.0909. The molecule has 0 saturated carbocycles. The van der Waals surface area contributed by atoms with Crippen molar-refractivity contribution in [1.29, 1.82) is 0 Å². The van der Waals surface area contributed by atoms with Crippen LogP contribution in [-0.4, -0.2) is 0 Å². The number of anilines is 5. The van der Waals surface area contributed by atoms with E-state index in [4.69, 9.17) is 0 Å². The number of fused-ring (bicyclic) bond motifs is 3. The van der Waals surface area contributed by atoms with Crippen molar-refractivity contribution in [2.24, 2.45) is 0 Å². The second-order valence-corrected chi connectivity index (χ2v) is 9.61. The lowest BCUT2D eigenvalue weighted by Gasteiger charge is -2.28. The molecule has 1 aliphatic rings. The highest BCUT2D eigenvalue weighted by Gasteiger charge is 2.36. The predicted octanol–water partition coefficient (Wildman–Crippen LogP) is 9.21. The molecule has 1 aliphatic carbocycles. The summed E-state index contributed by atoms with van der Waals surface area (Å²) < 4.78 is 0. The summed E-state index contributed by atoms with van der Waals surface area (Å²) in [7, 11) is 0. The summed E-state index contributed by atoms with van der Waals surface area (Å²) in [5.41, 5.74) is 11.0. The average Bonchev–Trinajstić information content (AvgIpc) is 3.12. The molecule has 6 rings (SSSR count). The molecule has 5 aromatic rings. The van der Waals surface area contributed by atoms with Gasteiger partial charge in [0.05, 0.1) is 0 Å². The number of rotatable bonds is 5. The third-order valence-electron chi connectivity index (χ3n) is 7.01. The Bertz CT molecular complexity index is 1430. The van der Waals surface area contributed by atoms with Gasteiger partial charge < -0.3 is 10.2 Å². The molecule has 0 spiro atoms. The lowest BCUT2D eigenvalue weighted by atomic mass is 9.82. The van der Waals surface area contributed by atoms with Gasteiger partial charge in [0.1, 0.15) is 0 Å². The summed E-state index contributed by atoms with van der Waals surface area (Å²) >= 11 is 0. The highest BCUT2D eigenvalue weighted by Crippen LogP contribution is 2.51. The molecule has 0 unspecified atom stereocenters. The molecule has 0 radical (unpaired) electrons. The van der Waals surface area contributed by atoms with E-state index in [1.807, 2.05) is 6.07 Å². The van der Waals surface area contributed by atoms with Gasteiger partial charge in [-0.2, -0.15) is 0 Å². The number of nitrogens with zero attached hydrogens (tertiary/aromatic N) is 1. The first-order chi connectivity index (χ1) is 17.1. The van der Waals surface area contributed by atoms with Gasteiger partial charge in [0, 0.05) is 33.9 Å². The Balaban J connectivity index is 1.43. The third-order valence-corrected chi connectivity index (χ3v) is 7.01. The van der Waals surface area contributed by atoms with Gasteiger partial charge in [-0.25, -0.2) is 0 Å². The van der Waals surface area contributed by atoms with Crippen LogP contribution >= 0.6 is 0 Å². The second kappa shape index (κ2) is 8.48. The SMILES string of the molecule is CC1(C)c2cc(Nc3ccccc3)ccc2-c2ccc(N(c3ccccc3)c3ccccc3)cc21. The second-order valence-electron chi connectivity index (χ2n) is 9.61. The minimum Gasteiger partial charge on any atom is -0.356 e. The van der Waals surface area contributed by atoms with Crippen molar-refractivity contribution in [3.8, 4) is 11.1 Å². The molecule has 0 fully saturated rings. The lowest BCUT2D eigenvalue weighted by Crippen LogP contribution is -2.16. The largest absolute Gasteiger partial charge is 0.356 e. The summed E-state index contributed by atoms with van der Waals surface area (Å²) in [5, 5.41) is 3.56. The first-order valence-corrected chi connectivity index (χ1v) is 12.1. The van der Waals surface area contributed by atoms with E-state index in [9.17, 15) is 0 Å². The van der Waals surface area contributed by atoms with Crippen molar-refractivity contribution in [3.63, 3.8) is 0 Å². The molecule has 0 aromatic heterocycles. The Morgan fingerprint density at radius 3 is 1.60 bits per heavy atom. The molecule has 1 N–H and O–H groups in total. The standard InChI is InChI=1S/C33H28N2/c1-33(2)31-22-25(34-24-12-6-3-7-13-24)18-20-29(31)30-21-19-28(23-32(30)33)35(26-14-8-4-9-15-26)27-16-10-5-11-17-27/h3-23,34H,1-2H3. The van der Waals surface area contributed by atoms with Gasteiger partial charge in [-0.3, -0.25) is 0 Å². The van der Waals surface area contributed by atoms with Crippen LogP contribution in [0.3, 0.4) is 0 Å². The quantitative estimate of drug-likeness (QED) is 0.286. The molecule has 35 heavy (non-hydrogen) atoms. The van der Waals surface area contributed by atoms with Crippen LogP contribution in [-0.2, 0) is 5.41 Å². The van der Waals surface area contributed by atoms with E-state index in [0.29, 0.717) is 0 Å². The summed E-state index contributed by atoms with van der Waals surface area (Å²) in [4.78, 5) is 2.34. The van der Waals surface area contributed by atoms with Crippen LogP contribution in [0.5, 0.6) is 0 Å². The molecule has 0 heterocycles. The van der Waals surface area contributed by atoms with E-state index < -0.39 is 0 Å². The van der Waals surface area contributed by atoms with Gasteiger partial charge in [-0.1, -0.05) is 80.6 Å². The molecule has 0 amide bonds. The molecule has 2 nitrogen and oxygen atoms in total. The van der Waals surface area contributed by atoms with Crippen LogP contribution in [0.25, 0.3) is 11.1 Å². The van der Waals surface area contributed by atoms with Crippen LogP contribution in [0.1, 0.15) is 25.0 Å². The zero-order valence-corrected chi connectivity index (χ0v) is 20.1. The van der Waals surface area contributed by atoms with Gasteiger partial charge in [-0.05, 0) is 82.9 Å². The fourth-order valence-electron chi connectivity index (χ4n) is 5.23. The Kier molecular flexibility index (Phi) is 5.15. The summed E-state index contributed by atoms with van der Waals surface area (Å²) in [5.74, 6) is 0. The monoisotopic (exact) mass is 452 g/mol. The Morgan fingerprint density at radius 2 is 1.00 bits per heavy atom.